The average Bonchev–Trinajstić information content (AvgIpc) is 3.01. The summed E-state index contributed by atoms with van der Waals surface area (Å²) in [6.45, 7) is 8.73. The molecule has 4 aromatic carbocycles. The summed E-state index contributed by atoms with van der Waals surface area (Å²) in [5.74, 6) is -0.908. The summed E-state index contributed by atoms with van der Waals surface area (Å²) in [6.07, 6.45) is 0.209. The Morgan fingerprint density at radius 3 is 2.11 bits per heavy atom. The minimum Gasteiger partial charge on any atom is -0.352 e. The number of halogens is 2. The van der Waals surface area contributed by atoms with Crippen LogP contribution >= 0.6 is 23.2 Å². The topological polar surface area (TPSA) is 86.8 Å². The van der Waals surface area contributed by atoms with Crippen molar-refractivity contribution in [3.63, 3.8) is 0 Å². The van der Waals surface area contributed by atoms with Crippen LogP contribution in [0, 0.1) is 20.8 Å². The molecule has 4 rings (SSSR count). The Balaban J connectivity index is 1.85. The van der Waals surface area contributed by atoms with Gasteiger partial charge in [0, 0.05) is 19.0 Å². The maximum Gasteiger partial charge on any atom is 0.264 e. The zero-order valence-corrected chi connectivity index (χ0v) is 29.0. The lowest BCUT2D eigenvalue weighted by molar-refractivity contribution is -0.140. The van der Waals surface area contributed by atoms with Crippen LogP contribution in [-0.4, -0.2) is 43.8 Å². The molecule has 0 aromatic heterocycles. The van der Waals surface area contributed by atoms with Crippen molar-refractivity contribution in [2.45, 2.75) is 64.6 Å². The van der Waals surface area contributed by atoms with E-state index in [1.807, 2.05) is 71.0 Å². The van der Waals surface area contributed by atoms with E-state index in [-0.39, 0.29) is 29.8 Å². The van der Waals surface area contributed by atoms with E-state index in [1.165, 1.54) is 17.0 Å². The molecule has 0 aliphatic heterocycles. The number of aryl methyl sites for hydroxylation is 2. The van der Waals surface area contributed by atoms with Gasteiger partial charge in [-0.3, -0.25) is 13.9 Å². The number of benzene rings is 4. The molecule has 46 heavy (non-hydrogen) atoms. The van der Waals surface area contributed by atoms with Crippen molar-refractivity contribution in [1.82, 2.24) is 10.2 Å². The normalized spacial score (nSPS) is 12.1. The van der Waals surface area contributed by atoms with E-state index in [9.17, 15) is 18.0 Å². The Morgan fingerprint density at radius 2 is 1.48 bits per heavy atom. The van der Waals surface area contributed by atoms with Crippen LogP contribution in [0.15, 0.2) is 95.9 Å². The molecule has 10 heteroatoms. The van der Waals surface area contributed by atoms with Gasteiger partial charge in [-0.2, -0.15) is 0 Å². The van der Waals surface area contributed by atoms with Crippen molar-refractivity contribution in [1.29, 1.82) is 0 Å². The maximum atomic E-state index is 14.6. The number of hydrogen-bond donors (Lipinski definition) is 1. The molecular weight excluding hydrogens is 641 g/mol. The maximum absolute atomic E-state index is 14.6. The van der Waals surface area contributed by atoms with Crippen LogP contribution in [0.5, 0.6) is 0 Å². The number of carbonyl (C=O) groups excluding carboxylic acids is 2. The van der Waals surface area contributed by atoms with Crippen molar-refractivity contribution < 1.29 is 18.0 Å². The molecule has 0 radical (unpaired) electrons. The summed E-state index contributed by atoms with van der Waals surface area (Å²) in [7, 11) is -4.20. The SMILES string of the molecule is Cc1ccc(S(=O)(=O)N(CC(=O)N(Cc2ccc(Cl)c(Cl)c2)C(Cc2ccccc2)C(=O)NC(C)C)c2cccc(C)c2C)cc1. The van der Waals surface area contributed by atoms with Gasteiger partial charge < -0.3 is 10.2 Å². The lowest BCUT2D eigenvalue weighted by Crippen LogP contribution is -2.54. The Kier molecular flexibility index (Phi) is 11.5. The van der Waals surface area contributed by atoms with Crippen LogP contribution in [0.25, 0.3) is 0 Å². The highest BCUT2D eigenvalue weighted by Crippen LogP contribution is 2.30. The number of carbonyl (C=O) groups is 2. The highest BCUT2D eigenvalue weighted by atomic mass is 35.5. The highest BCUT2D eigenvalue weighted by molar-refractivity contribution is 7.92. The third kappa shape index (κ3) is 8.49. The van der Waals surface area contributed by atoms with Crippen LogP contribution in [0.4, 0.5) is 5.69 Å². The van der Waals surface area contributed by atoms with Gasteiger partial charge in [-0.25, -0.2) is 8.42 Å². The number of nitrogens with zero attached hydrogens (tertiary/aromatic N) is 2. The summed E-state index contributed by atoms with van der Waals surface area (Å²) < 4.78 is 29.7. The smallest absolute Gasteiger partial charge is 0.264 e. The standard InChI is InChI=1S/C36H39Cl2N3O4S/c1-24(2)39-36(43)34(21-28-11-7-6-8-12-28)40(22-29-16-19-31(37)32(38)20-29)35(42)23-41(33-13-9-10-26(4)27(33)5)46(44,45)30-17-14-25(3)15-18-30/h6-20,24,34H,21-23H2,1-5H3,(H,39,43). The summed E-state index contributed by atoms with van der Waals surface area (Å²) in [6, 6.07) is 25.1. The first-order chi connectivity index (χ1) is 21.8. The predicted molar refractivity (Wildman–Crippen MR) is 186 cm³/mol. The van der Waals surface area contributed by atoms with Crippen LogP contribution in [0.1, 0.15) is 41.7 Å². The molecule has 0 bridgehead atoms. The lowest BCUT2D eigenvalue weighted by Gasteiger charge is -2.34. The van der Waals surface area contributed by atoms with E-state index < -0.39 is 28.5 Å². The minimum atomic E-state index is -4.20. The molecule has 0 saturated heterocycles. The van der Waals surface area contributed by atoms with Gasteiger partial charge in [-0.05, 0) is 87.2 Å². The van der Waals surface area contributed by atoms with E-state index in [0.717, 1.165) is 26.6 Å². The summed E-state index contributed by atoms with van der Waals surface area (Å²) in [4.78, 5) is 29.9. The molecule has 0 fully saturated rings. The fourth-order valence-corrected chi connectivity index (χ4v) is 6.92. The van der Waals surface area contributed by atoms with Gasteiger partial charge in [0.1, 0.15) is 12.6 Å². The van der Waals surface area contributed by atoms with Crippen LogP contribution in [-0.2, 0) is 32.6 Å². The van der Waals surface area contributed by atoms with Gasteiger partial charge in [-0.1, -0.05) is 89.4 Å². The molecule has 2 amide bonds. The second-order valence-electron chi connectivity index (χ2n) is 11.7. The molecule has 1 atom stereocenters. The van der Waals surface area contributed by atoms with E-state index in [1.54, 1.807) is 42.5 Å². The highest BCUT2D eigenvalue weighted by Gasteiger charge is 2.35. The molecule has 4 aromatic rings. The first kappa shape index (κ1) is 35.0. The molecule has 0 aliphatic rings. The van der Waals surface area contributed by atoms with E-state index in [2.05, 4.69) is 5.32 Å². The van der Waals surface area contributed by atoms with E-state index in [0.29, 0.717) is 21.3 Å². The second kappa shape index (κ2) is 15.2. The second-order valence-corrected chi connectivity index (χ2v) is 14.4. The number of anilines is 1. The molecular formula is C36H39Cl2N3O4S. The molecule has 0 saturated carbocycles. The quantitative estimate of drug-likeness (QED) is 0.171. The van der Waals surface area contributed by atoms with Crippen molar-refractivity contribution >= 4 is 50.7 Å². The molecule has 0 aliphatic carbocycles. The first-order valence-electron chi connectivity index (χ1n) is 15.0. The molecule has 0 heterocycles. The van der Waals surface area contributed by atoms with Crippen molar-refractivity contribution in [3.05, 3.63) is 129 Å². The molecule has 242 valence electrons. The summed E-state index contributed by atoms with van der Waals surface area (Å²) >= 11 is 12.5. The van der Waals surface area contributed by atoms with Crippen molar-refractivity contribution in [2.24, 2.45) is 0 Å². The van der Waals surface area contributed by atoms with Crippen LogP contribution < -0.4 is 9.62 Å². The van der Waals surface area contributed by atoms with E-state index >= 15 is 0 Å². The Morgan fingerprint density at radius 1 is 0.804 bits per heavy atom. The number of nitrogens with one attached hydrogen (secondary N) is 1. The minimum absolute atomic E-state index is 0.00996. The van der Waals surface area contributed by atoms with Gasteiger partial charge >= 0.3 is 0 Å². The van der Waals surface area contributed by atoms with Crippen LogP contribution in [0.2, 0.25) is 10.0 Å². The Labute approximate surface area is 282 Å². The van der Waals surface area contributed by atoms with Gasteiger partial charge in [0.25, 0.3) is 10.0 Å². The fraction of sp³-hybridized carbons (Fsp3) is 0.278. The predicted octanol–water partition coefficient (Wildman–Crippen LogP) is 7.28. The molecule has 1 unspecified atom stereocenters. The molecule has 0 spiro atoms. The van der Waals surface area contributed by atoms with Gasteiger partial charge in [-0.15, -0.1) is 0 Å². The van der Waals surface area contributed by atoms with Gasteiger partial charge in [0.2, 0.25) is 11.8 Å². The lowest BCUT2D eigenvalue weighted by atomic mass is 10.0. The zero-order chi connectivity index (χ0) is 33.6. The summed E-state index contributed by atoms with van der Waals surface area (Å²) in [5, 5.41) is 3.61. The number of sulfonamides is 1. The third-order valence-corrected chi connectivity index (χ3v) is 10.3. The number of amides is 2. The number of rotatable bonds is 12. The number of hydrogen-bond acceptors (Lipinski definition) is 4. The Bertz CT molecular complexity index is 1800. The largest absolute Gasteiger partial charge is 0.352 e. The van der Waals surface area contributed by atoms with Gasteiger partial charge in [0.15, 0.2) is 0 Å². The van der Waals surface area contributed by atoms with Crippen molar-refractivity contribution in [3.8, 4) is 0 Å². The van der Waals surface area contributed by atoms with Crippen molar-refractivity contribution in [2.75, 3.05) is 10.8 Å². The zero-order valence-electron chi connectivity index (χ0n) is 26.6. The summed E-state index contributed by atoms with van der Waals surface area (Å²) in [5.41, 5.74) is 4.37. The van der Waals surface area contributed by atoms with Gasteiger partial charge in [0.05, 0.1) is 20.6 Å². The monoisotopic (exact) mass is 679 g/mol. The third-order valence-electron chi connectivity index (χ3n) is 7.77. The van der Waals surface area contributed by atoms with Crippen LogP contribution in [0.3, 0.4) is 0 Å². The first-order valence-corrected chi connectivity index (χ1v) is 17.2. The van der Waals surface area contributed by atoms with E-state index in [4.69, 9.17) is 23.2 Å². The fourth-order valence-electron chi connectivity index (χ4n) is 5.13. The molecule has 1 N–H and O–H groups in total. The average molecular weight is 681 g/mol. The molecule has 7 nitrogen and oxygen atoms in total. The Hall–Kier alpha value is -3.85.